The molecule has 7 heteroatoms. The predicted molar refractivity (Wildman–Crippen MR) is 96.2 cm³/mol. The van der Waals surface area contributed by atoms with E-state index in [2.05, 4.69) is 20.5 Å². The molecule has 124 valence electrons. The number of benzene rings is 1. The van der Waals surface area contributed by atoms with Gasteiger partial charge in [0, 0.05) is 11.1 Å². The van der Waals surface area contributed by atoms with E-state index < -0.39 is 0 Å². The van der Waals surface area contributed by atoms with Crippen molar-refractivity contribution in [3.05, 3.63) is 45.6 Å². The summed E-state index contributed by atoms with van der Waals surface area (Å²) in [6, 6.07) is 5.68. The van der Waals surface area contributed by atoms with Crippen molar-refractivity contribution in [1.29, 1.82) is 0 Å². The summed E-state index contributed by atoms with van der Waals surface area (Å²) in [6.45, 7) is 7.71. The Kier molecular flexibility index (Phi) is 4.19. The van der Waals surface area contributed by atoms with Crippen molar-refractivity contribution < 1.29 is 4.79 Å². The molecule has 0 saturated heterocycles. The van der Waals surface area contributed by atoms with Gasteiger partial charge in [-0.05, 0) is 45.4 Å². The van der Waals surface area contributed by atoms with Crippen LogP contribution in [0.3, 0.4) is 0 Å². The maximum Gasteiger partial charge on any atom is 0.252 e. The number of carbonyl (C=O) groups excluding carboxylic acids is 1. The topological polar surface area (TPSA) is 93.8 Å². The molecular weight excluding hydrogens is 322 g/mol. The van der Waals surface area contributed by atoms with Crippen molar-refractivity contribution in [2.45, 2.75) is 33.7 Å². The van der Waals surface area contributed by atoms with E-state index in [0.717, 1.165) is 27.7 Å². The first-order valence-corrected chi connectivity index (χ1v) is 8.45. The van der Waals surface area contributed by atoms with Crippen molar-refractivity contribution in [2.75, 3.05) is 5.73 Å². The third-order valence-electron chi connectivity index (χ3n) is 4.03. The predicted octanol–water partition coefficient (Wildman–Crippen LogP) is 3.08. The van der Waals surface area contributed by atoms with Crippen LogP contribution < -0.4 is 11.1 Å². The smallest absolute Gasteiger partial charge is 0.252 e. The molecule has 3 aromatic rings. The quantitative estimate of drug-likeness (QED) is 0.763. The van der Waals surface area contributed by atoms with E-state index in [-0.39, 0.29) is 11.9 Å². The molecule has 0 aliphatic carbocycles. The van der Waals surface area contributed by atoms with Gasteiger partial charge in [0.2, 0.25) is 5.13 Å². The van der Waals surface area contributed by atoms with Crippen LogP contribution in [0.4, 0.5) is 5.13 Å². The molecule has 0 saturated carbocycles. The van der Waals surface area contributed by atoms with Crippen molar-refractivity contribution in [1.82, 2.24) is 20.5 Å². The zero-order valence-corrected chi connectivity index (χ0v) is 14.9. The van der Waals surface area contributed by atoms with Gasteiger partial charge in [0.15, 0.2) is 0 Å². The highest BCUT2D eigenvalue weighted by atomic mass is 32.1. The third-order valence-corrected chi connectivity index (χ3v) is 4.96. The number of nitrogens with zero attached hydrogens (tertiary/aromatic N) is 3. The molecule has 6 nitrogen and oxygen atoms in total. The second-order valence-electron chi connectivity index (χ2n) is 5.89. The Hall–Kier alpha value is -2.54. The minimum atomic E-state index is -0.264. The van der Waals surface area contributed by atoms with Gasteiger partial charge in [0.1, 0.15) is 5.01 Å². The number of amides is 1. The third kappa shape index (κ3) is 2.94. The van der Waals surface area contributed by atoms with Crippen LogP contribution in [0.2, 0.25) is 0 Å². The summed E-state index contributed by atoms with van der Waals surface area (Å²) < 4.78 is 0. The van der Waals surface area contributed by atoms with E-state index in [4.69, 9.17) is 5.73 Å². The number of pyridine rings is 1. The van der Waals surface area contributed by atoms with Gasteiger partial charge in [-0.15, -0.1) is 10.2 Å². The van der Waals surface area contributed by atoms with Crippen LogP contribution in [0.5, 0.6) is 0 Å². The minimum Gasteiger partial charge on any atom is -0.374 e. The van der Waals surface area contributed by atoms with Crippen LogP contribution in [0.1, 0.15) is 45.2 Å². The van der Waals surface area contributed by atoms with Crippen molar-refractivity contribution >= 4 is 33.3 Å². The molecular formula is C17H19N5OS. The lowest BCUT2D eigenvalue weighted by atomic mass is 9.99. The second-order valence-corrected chi connectivity index (χ2v) is 6.93. The number of aromatic nitrogens is 3. The monoisotopic (exact) mass is 341 g/mol. The first-order chi connectivity index (χ1) is 11.4. The lowest BCUT2D eigenvalue weighted by molar-refractivity contribution is 0.0940. The highest BCUT2D eigenvalue weighted by Gasteiger charge is 2.20. The fourth-order valence-corrected chi connectivity index (χ4v) is 3.25. The van der Waals surface area contributed by atoms with Gasteiger partial charge in [0.25, 0.3) is 5.91 Å². The molecule has 0 aliphatic heterocycles. The molecule has 0 radical (unpaired) electrons. The Balaban J connectivity index is 2.02. The van der Waals surface area contributed by atoms with Crippen LogP contribution in [-0.4, -0.2) is 21.1 Å². The summed E-state index contributed by atoms with van der Waals surface area (Å²) in [5.41, 5.74) is 9.92. The molecule has 0 unspecified atom stereocenters. The van der Waals surface area contributed by atoms with Crippen LogP contribution in [0.25, 0.3) is 10.9 Å². The average molecular weight is 341 g/mol. The summed E-state index contributed by atoms with van der Waals surface area (Å²) in [5, 5.41) is 12.7. The number of nitrogens with one attached hydrogen (secondary N) is 1. The van der Waals surface area contributed by atoms with Gasteiger partial charge >= 0.3 is 0 Å². The van der Waals surface area contributed by atoms with Crippen LogP contribution in [-0.2, 0) is 0 Å². The Morgan fingerprint density at radius 1 is 1.25 bits per heavy atom. The van der Waals surface area contributed by atoms with E-state index in [1.807, 2.05) is 45.9 Å². The van der Waals surface area contributed by atoms with E-state index in [9.17, 15) is 4.79 Å². The standard InChI is InChI=1S/C17H19N5OS/c1-8-5-6-13-12(7-8)14(9(2)10(3)19-13)15(23)20-11(4)16-21-22-17(18)24-16/h5-7,11H,1-4H3,(H2,18,22)(H,20,23)/t11-/m0/s1. The summed E-state index contributed by atoms with van der Waals surface area (Å²) in [4.78, 5) is 17.5. The Bertz CT molecular complexity index is 934. The lowest BCUT2D eigenvalue weighted by Crippen LogP contribution is -2.28. The molecule has 0 fully saturated rings. The second kappa shape index (κ2) is 6.16. The zero-order valence-electron chi connectivity index (χ0n) is 14.0. The number of rotatable bonds is 3. The van der Waals surface area contributed by atoms with Gasteiger partial charge in [-0.3, -0.25) is 9.78 Å². The molecule has 3 rings (SSSR count). The molecule has 1 aromatic carbocycles. The average Bonchev–Trinajstić information content (AvgIpc) is 2.95. The Morgan fingerprint density at radius 3 is 2.67 bits per heavy atom. The van der Waals surface area contributed by atoms with E-state index in [1.54, 1.807) is 0 Å². The zero-order chi connectivity index (χ0) is 17.4. The number of aryl methyl sites for hydroxylation is 2. The molecule has 1 amide bonds. The number of hydrogen-bond donors (Lipinski definition) is 2. The summed E-state index contributed by atoms with van der Waals surface area (Å²) in [7, 11) is 0. The highest BCUT2D eigenvalue weighted by molar-refractivity contribution is 7.15. The molecule has 24 heavy (non-hydrogen) atoms. The molecule has 0 bridgehead atoms. The number of anilines is 1. The molecule has 1 atom stereocenters. The number of nitrogen functional groups attached to an aromatic ring is 1. The summed E-state index contributed by atoms with van der Waals surface area (Å²) in [6.07, 6.45) is 0. The fraction of sp³-hybridized carbons (Fsp3) is 0.294. The van der Waals surface area contributed by atoms with Gasteiger partial charge in [0.05, 0.1) is 17.1 Å². The number of nitrogens with two attached hydrogens (primary N) is 1. The highest BCUT2D eigenvalue weighted by Crippen LogP contribution is 2.25. The van der Waals surface area contributed by atoms with E-state index >= 15 is 0 Å². The maximum atomic E-state index is 12.9. The molecule has 0 spiro atoms. The first-order valence-electron chi connectivity index (χ1n) is 7.64. The van der Waals surface area contributed by atoms with Gasteiger partial charge in [-0.25, -0.2) is 0 Å². The fourth-order valence-electron chi connectivity index (χ4n) is 2.64. The minimum absolute atomic E-state index is 0.144. The molecule has 3 N–H and O–H groups in total. The van der Waals surface area contributed by atoms with Crippen molar-refractivity contribution in [3.8, 4) is 0 Å². The summed E-state index contributed by atoms with van der Waals surface area (Å²) in [5.74, 6) is -0.144. The first kappa shape index (κ1) is 16.3. The van der Waals surface area contributed by atoms with E-state index in [1.165, 1.54) is 11.3 Å². The van der Waals surface area contributed by atoms with E-state index in [0.29, 0.717) is 15.7 Å². The van der Waals surface area contributed by atoms with Crippen molar-refractivity contribution in [2.24, 2.45) is 0 Å². The number of fused-ring (bicyclic) bond motifs is 1. The SMILES string of the molecule is Cc1ccc2nc(C)c(C)c(C(=O)N[C@@H](C)c3nnc(N)s3)c2c1. The largest absolute Gasteiger partial charge is 0.374 e. The van der Waals surface area contributed by atoms with Gasteiger partial charge < -0.3 is 11.1 Å². The Morgan fingerprint density at radius 2 is 2.00 bits per heavy atom. The normalized spacial score (nSPS) is 12.3. The van der Waals surface area contributed by atoms with Crippen molar-refractivity contribution in [3.63, 3.8) is 0 Å². The maximum absolute atomic E-state index is 12.9. The van der Waals surface area contributed by atoms with Crippen LogP contribution >= 0.6 is 11.3 Å². The molecule has 0 aliphatic rings. The van der Waals surface area contributed by atoms with Gasteiger partial charge in [-0.1, -0.05) is 23.0 Å². The lowest BCUT2D eigenvalue weighted by Gasteiger charge is -2.15. The summed E-state index contributed by atoms with van der Waals surface area (Å²) >= 11 is 1.27. The number of carbonyl (C=O) groups is 1. The molecule has 2 aromatic heterocycles. The number of hydrogen-bond acceptors (Lipinski definition) is 6. The molecule has 2 heterocycles. The van der Waals surface area contributed by atoms with Crippen LogP contribution in [0.15, 0.2) is 18.2 Å². The Labute approximate surface area is 144 Å². The van der Waals surface area contributed by atoms with Crippen LogP contribution in [0, 0.1) is 20.8 Å². The van der Waals surface area contributed by atoms with Gasteiger partial charge in [-0.2, -0.15) is 0 Å².